The Kier molecular flexibility index (Phi) is 9.32. The van der Waals surface area contributed by atoms with E-state index in [-0.39, 0.29) is 0 Å². The number of unbranched alkanes of at least 4 members (excludes halogenated alkanes) is 3. The third-order valence-corrected chi connectivity index (χ3v) is 2.33. The molecule has 0 aliphatic rings. The lowest BCUT2D eigenvalue weighted by molar-refractivity contribution is 0.778. The molecule has 0 aliphatic heterocycles. The topological polar surface area (TPSA) is 0 Å². The minimum atomic E-state index is 1.21. The van der Waals surface area contributed by atoms with Gasteiger partial charge in [-0.3, -0.25) is 0 Å². The highest BCUT2D eigenvalue weighted by molar-refractivity contribution is 5.19. The van der Waals surface area contributed by atoms with Gasteiger partial charge in [-0.2, -0.15) is 0 Å². The third kappa shape index (κ3) is 9.56. The van der Waals surface area contributed by atoms with Crippen molar-refractivity contribution in [2.24, 2.45) is 0 Å². The summed E-state index contributed by atoms with van der Waals surface area (Å²) < 4.78 is 0. The Morgan fingerprint density at radius 1 is 1.07 bits per heavy atom. The van der Waals surface area contributed by atoms with Gasteiger partial charge in [0.2, 0.25) is 0 Å². The van der Waals surface area contributed by atoms with Gasteiger partial charge in [0.1, 0.15) is 0 Å². The molecule has 0 aromatic rings. The van der Waals surface area contributed by atoms with Crippen molar-refractivity contribution in [3.05, 3.63) is 29.0 Å². The van der Waals surface area contributed by atoms with Crippen LogP contribution < -0.4 is 0 Å². The van der Waals surface area contributed by atoms with Crippen molar-refractivity contribution in [2.75, 3.05) is 0 Å². The highest BCUT2D eigenvalue weighted by atomic mass is 14.0. The summed E-state index contributed by atoms with van der Waals surface area (Å²) in [4.78, 5) is 0. The van der Waals surface area contributed by atoms with Crippen LogP contribution in [-0.4, -0.2) is 0 Å². The Balaban J connectivity index is 4.30. The minimum Gasteiger partial charge on any atom is -0.122 e. The first kappa shape index (κ1) is 14.3. The molecule has 0 saturated carbocycles. The zero-order valence-electron chi connectivity index (χ0n) is 10.9. The van der Waals surface area contributed by atoms with Crippen molar-refractivity contribution in [2.45, 2.75) is 66.2 Å². The summed E-state index contributed by atoms with van der Waals surface area (Å²) in [5, 5.41) is 0. The van der Waals surface area contributed by atoms with Gasteiger partial charge in [0, 0.05) is 0 Å². The molecule has 0 spiro atoms. The van der Waals surface area contributed by atoms with Gasteiger partial charge in [-0.25, -0.2) is 0 Å². The number of rotatable bonds is 7. The molecule has 0 rings (SSSR count). The van der Waals surface area contributed by atoms with Crippen molar-refractivity contribution >= 4 is 0 Å². The van der Waals surface area contributed by atoms with E-state index in [2.05, 4.69) is 45.6 Å². The summed E-state index contributed by atoms with van der Waals surface area (Å²) in [5.74, 6) is 0. The van der Waals surface area contributed by atoms with Crippen molar-refractivity contribution < 1.29 is 0 Å². The lowest BCUT2D eigenvalue weighted by Crippen LogP contribution is -1.80. The predicted octanol–water partition coefficient (Wildman–Crippen LogP) is 5.41. The average molecular weight is 206 g/mol. The van der Waals surface area contributed by atoms with Crippen LogP contribution in [-0.2, 0) is 0 Å². The molecule has 0 aromatic carbocycles. The zero-order valence-corrected chi connectivity index (χ0v) is 10.9. The maximum absolute atomic E-state index is 3.30. The van der Waals surface area contributed by atoms with Gasteiger partial charge >= 0.3 is 0 Å². The number of hydrogen-bond donors (Lipinski definition) is 0. The smallest absolute Gasteiger partial charge is 0.0172 e. The Morgan fingerprint density at radius 2 is 1.73 bits per heavy atom. The van der Waals surface area contributed by atoms with Crippen LogP contribution in [0.5, 0.6) is 0 Å². The molecule has 0 heterocycles. The minimum absolute atomic E-state index is 1.21. The Morgan fingerprint density at radius 3 is 2.27 bits per heavy atom. The Bertz CT molecular complexity index is 233. The van der Waals surface area contributed by atoms with Crippen LogP contribution in [0.25, 0.3) is 0 Å². The third-order valence-electron chi connectivity index (χ3n) is 2.33. The second kappa shape index (κ2) is 9.80. The van der Waals surface area contributed by atoms with E-state index in [1.54, 1.807) is 0 Å². The molecule has 15 heavy (non-hydrogen) atoms. The summed E-state index contributed by atoms with van der Waals surface area (Å²) in [7, 11) is 0. The van der Waals surface area contributed by atoms with Crippen LogP contribution in [0.2, 0.25) is 0 Å². The molecule has 86 valence electrons. The normalized spacial score (nSPS) is 11.1. The molecule has 0 heteroatoms. The van der Waals surface area contributed by atoms with Crippen molar-refractivity contribution in [3.63, 3.8) is 0 Å². The fraction of sp³-hybridized carbons (Fsp3) is 0.667. The summed E-state index contributed by atoms with van der Waals surface area (Å²) in [6, 6.07) is 0. The van der Waals surface area contributed by atoms with Crippen LogP contribution in [0.4, 0.5) is 0 Å². The van der Waals surface area contributed by atoms with Crippen LogP contribution in [0.3, 0.4) is 0 Å². The molecule has 0 N–H and O–H groups in total. The van der Waals surface area contributed by atoms with Gasteiger partial charge < -0.3 is 0 Å². The van der Waals surface area contributed by atoms with Crippen LogP contribution in [0, 0.1) is 0 Å². The molecule has 0 nitrogen and oxygen atoms in total. The van der Waals surface area contributed by atoms with E-state index in [1.165, 1.54) is 49.7 Å². The van der Waals surface area contributed by atoms with Crippen molar-refractivity contribution in [1.29, 1.82) is 0 Å². The van der Waals surface area contributed by atoms with Crippen molar-refractivity contribution in [3.8, 4) is 0 Å². The van der Waals surface area contributed by atoms with E-state index in [4.69, 9.17) is 0 Å². The maximum atomic E-state index is 3.30. The molecule has 0 saturated heterocycles. The van der Waals surface area contributed by atoms with E-state index in [1.807, 2.05) is 0 Å². The molecule has 0 amide bonds. The van der Waals surface area contributed by atoms with Gasteiger partial charge in [0.25, 0.3) is 0 Å². The molecule has 0 bridgehead atoms. The predicted molar refractivity (Wildman–Crippen MR) is 70.1 cm³/mol. The van der Waals surface area contributed by atoms with E-state index < -0.39 is 0 Å². The molecular formula is C15H26. The van der Waals surface area contributed by atoms with E-state index in [0.717, 1.165) is 0 Å². The molecule has 0 atom stereocenters. The molecular weight excluding hydrogens is 180 g/mol. The number of hydrogen-bond acceptors (Lipinski definition) is 0. The SMILES string of the molecule is CCCC/C=C(/C=C=C(C)C)CCCC. The summed E-state index contributed by atoms with van der Waals surface area (Å²) in [6.07, 6.45) is 12.1. The first-order chi connectivity index (χ1) is 7.20. The lowest BCUT2D eigenvalue weighted by Gasteiger charge is -2.00. The Labute approximate surface area is 95.8 Å². The fourth-order valence-electron chi connectivity index (χ4n) is 1.34. The summed E-state index contributed by atoms with van der Waals surface area (Å²) in [6.45, 7) is 8.68. The molecule has 0 aliphatic carbocycles. The standard InChI is InChI=1S/C15H26/c1-5-7-9-11-15(10-8-6-2)13-12-14(3)4/h11,13H,5-10H2,1-4H3/b15-11+. The average Bonchev–Trinajstić information content (AvgIpc) is 2.21. The molecule has 0 radical (unpaired) electrons. The van der Waals surface area contributed by atoms with Gasteiger partial charge in [-0.15, -0.1) is 5.73 Å². The van der Waals surface area contributed by atoms with E-state index in [9.17, 15) is 0 Å². The second-order valence-electron chi connectivity index (χ2n) is 4.31. The molecule has 0 unspecified atom stereocenters. The van der Waals surface area contributed by atoms with Gasteiger partial charge in [-0.05, 0) is 50.3 Å². The summed E-state index contributed by atoms with van der Waals surface area (Å²) in [5.41, 5.74) is 6.03. The maximum Gasteiger partial charge on any atom is -0.0172 e. The first-order valence-corrected chi connectivity index (χ1v) is 6.29. The van der Waals surface area contributed by atoms with E-state index in [0.29, 0.717) is 0 Å². The van der Waals surface area contributed by atoms with Crippen LogP contribution >= 0.6 is 0 Å². The largest absolute Gasteiger partial charge is 0.122 e. The van der Waals surface area contributed by atoms with Gasteiger partial charge in [0.05, 0.1) is 0 Å². The number of allylic oxidation sites excluding steroid dienone is 3. The summed E-state index contributed by atoms with van der Waals surface area (Å²) >= 11 is 0. The molecule has 0 aromatic heterocycles. The quantitative estimate of drug-likeness (QED) is 0.296. The van der Waals surface area contributed by atoms with Gasteiger partial charge in [-0.1, -0.05) is 39.2 Å². The Hall–Kier alpha value is -0.740. The van der Waals surface area contributed by atoms with Crippen molar-refractivity contribution in [1.82, 2.24) is 0 Å². The highest BCUT2D eigenvalue weighted by Gasteiger charge is 1.91. The zero-order chi connectivity index (χ0) is 11.5. The van der Waals surface area contributed by atoms with Crippen LogP contribution in [0.1, 0.15) is 66.2 Å². The van der Waals surface area contributed by atoms with Gasteiger partial charge in [0.15, 0.2) is 0 Å². The highest BCUT2D eigenvalue weighted by Crippen LogP contribution is 2.11. The van der Waals surface area contributed by atoms with Crippen LogP contribution in [0.15, 0.2) is 29.0 Å². The molecule has 0 fully saturated rings. The van der Waals surface area contributed by atoms with E-state index >= 15 is 0 Å². The first-order valence-electron chi connectivity index (χ1n) is 6.29. The second-order valence-corrected chi connectivity index (χ2v) is 4.31. The lowest BCUT2D eigenvalue weighted by atomic mass is 10.1. The fourth-order valence-corrected chi connectivity index (χ4v) is 1.34. The monoisotopic (exact) mass is 206 g/mol.